The Morgan fingerprint density at radius 3 is 1.83 bits per heavy atom. The summed E-state index contributed by atoms with van der Waals surface area (Å²) in [6.07, 6.45) is -0.969. The molecule has 8 nitrogen and oxygen atoms in total. The van der Waals surface area contributed by atoms with Gasteiger partial charge in [-0.1, -0.05) is 0 Å². The molecular weight excluding hydrogens is 411 g/mol. The van der Waals surface area contributed by atoms with Gasteiger partial charge in [0.2, 0.25) is 5.78 Å². The van der Waals surface area contributed by atoms with Gasteiger partial charge in [0.25, 0.3) is 0 Å². The van der Waals surface area contributed by atoms with Crippen LogP contribution in [0.15, 0.2) is 24.3 Å². The average molecular weight is 434 g/mol. The second kappa shape index (κ2) is 7.87. The minimum absolute atomic E-state index is 0.0154. The average Bonchev–Trinajstić information content (AvgIpc) is 2.56. The molecule has 0 fully saturated rings. The second-order valence-electron chi connectivity index (χ2n) is 7.58. The van der Waals surface area contributed by atoms with Crippen molar-refractivity contribution in [3.63, 3.8) is 0 Å². The number of phosphoric ester groups is 1. The van der Waals surface area contributed by atoms with E-state index in [0.29, 0.717) is 5.56 Å². The molecular formula is C21H23O8P. The normalized spacial score (nSPS) is 13.6. The lowest BCUT2D eigenvalue weighted by molar-refractivity contribution is 0.0972. The summed E-state index contributed by atoms with van der Waals surface area (Å²) in [5.74, 6) is -2.32. The van der Waals surface area contributed by atoms with Gasteiger partial charge < -0.3 is 14.7 Å². The third-order valence-electron chi connectivity index (χ3n) is 4.19. The van der Waals surface area contributed by atoms with E-state index in [1.807, 2.05) is 0 Å². The Hall–Kier alpha value is -2.67. The van der Waals surface area contributed by atoms with Crippen LogP contribution in [0.4, 0.5) is 0 Å². The molecule has 1 aliphatic carbocycles. The van der Waals surface area contributed by atoms with Crippen LogP contribution in [0, 0.1) is 6.92 Å². The molecule has 1 aliphatic rings. The lowest BCUT2D eigenvalue weighted by Gasteiger charge is -2.24. The van der Waals surface area contributed by atoms with E-state index in [2.05, 4.69) is 0 Å². The molecule has 30 heavy (non-hydrogen) atoms. The molecule has 2 N–H and O–H groups in total. The number of hydrogen-bond acceptors (Lipinski definition) is 8. The van der Waals surface area contributed by atoms with Crippen molar-refractivity contribution < 1.29 is 37.9 Å². The van der Waals surface area contributed by atoms with Crippen LogP contribution in [0.5, 0.6) is 17.2 Å². The van der Waals surface area contributed by atoms with E-state index in [1.165, 1.54) is 18.2 Å². The topological polar surface area (TPSA) is 119 Å². The number of aryl methyl sites for hydroxylation is 1. The molecule has 0 amide bonds. The van der Waals surface area contributed by atoms with E-state index in [0.717, 1.165) is 6.07 Å². The fourth-order valence-corrected chi connectivity index (χ4v) is 4.77. The van der Waals surface area contributed by atoms with Gasteiger partial charge >= 0.3 is 7.82 Å². The van der Waals surface area contributed by atoms with Crippen molar-refractivity contribution in [2.45, 2.75) is 46.8 Å². The highest BCUT2D eigenvalue weighted by molar-refractivity contribution is 7.49. The maximum atomic E-state index is 13.0. The van der Waals surface area contributed by atoms with E-state index in [1.54, 1.807) is 34.6 Å². The standard InChI is InChI=1S/C21H23O8P/c1-10(2)27-30(26,28-11(3)4)29-13-8-15-19(17(23)9-13)21(25)18-14(20(15)24)6-12(5)7-16(18)22/h6-11,22-23H,1-5H3. The molecule has 0 spiro atoms. The van der Waals surface area contributed by atoms with Crippen LogP contribution in [0.25, 0.3) is 0 Å². The van der Waals surface area contributed by atoms with Crippen molar-refractivity contribution in [1.29, 1.82) is 0 Å². The van der Waals surface area contributed by atoms with Crippen LogP contribution in [0.1, 0.15) is 65.1 Å². The predicted molar refractivity (Wildman–Crippen MR) is 108 cm³/mol. The zero-order valence-electron chi connectivity index (χ0n) is 17.3. The molecule has 0 aromatic heterocycles. The van der Waals surface area contributed by atoms with E-state index >= 15 is 0 Å². The van der Waals surface area contributed by atoms with Crippen LogP contribution in [0.3, 0.4) is 0 Å². The summed E-state index contributed by atoms with van der Waals surface area (Å²) in [4.78, 5) is 25.9. The van der Waals surface area contributed by atoms with Crippen molar-refractivity contribution >= 4 is 19.4 Å². The number of phenolic OH excluding ortho intramolecular Hbond substituents is 2. The van der Waals surface area contributed by atoms with Gasteiger partial charge in [-0.15, -0.1) is 0 Å². The Morgan fingerprint density at radius 1 is 0.800 bits per heavy atom. The number of hydrogen-bond donors (Lipinski definition) is 2. The van der Waals surface area contributed by atoms with Crippen LogP contribution < -0.4 is 4.52 Å². The third-order valence-corrected chi connectivity index (χ3v) is 5.99. The van der Waals surface area contributed by atoms with Gasteiger partial charge in [0.1, 0.15) is 17.2 Å². The molecule has 3 rings (SSSR count). The van der Waals surface area contributed by atoms with Gasteiger partial charge in [0, 0.05) is 17.2 Å². The molecule has 2 aromatic rings. The smallest absolute Gasteiger partial charge is 0.507 e. The summed E-state index contributed by atoms with van der Waals surface area (Å²) in [6.45, 7) is 8.28. The first-order chi connectivity index (χ1) is 13.9. The highest BCUT2D eigenvalue weighted by Gasteiger charge is 2.37. The first-order valence-corrected chi connectivity index (χ1v) is 10.8. The minimum atomic E-state index is -4.07. The third kappa shape index (κ3) is 4.12. The molecule has 0 saturated heterocycles. The lowest BCUT2D eigenvalue weighted by Crippen LogP contribution is -2.21. The van der Waals surface area contributed by atoms with E-state index < -0.39 is 37.3 Å². The molecule has 0 radical (unpaired) electrons. The van der Waals surface area contributed by atoms with Crippen LogP contribution in [-0.2, 0) is 13.6 Å². The summed E-state index contributed by atoms with van der Waals surface area (Å²) in [6, 6.07) is 5.11. The van der Waals surface area contributed by atoms with Crippen LogP contribution >= 0.6 is 7.82 Å². The molecule has 0 unspecified atom stereocenters. The van der Waals surface area contributed by atoms with Crippen molar-refractivity contribution in [2.75, 3.05) is 0 Å². The molecule has 0 saturated carbocycles. The van der Waals surface area contributed by atoms with Crippen molar-refractivity contribution in [3.8, 4) is 17.2 Å². The van der Waals surface area contributed by atoms with Gasteiger partial charge in [-0.3, -0.25) is 18.6 Å². The highest BCUT2D eigenvalue weighted by atomic mass is 31.2. The molecule has 0 aliphatic heterocycles. The summed E-state index contributed by atoms with van der Waals surface area (Å²) >= 11 is 0. The van der Waals surface area contributed by atoms with Crippen LogP contribution in [-0.4, -0.2) is 34.0 Å². The fourth-order valence-electron chi connectivity index (χ4n) is 3.24. The molecule has 0 atom stereocenters. The Kier molecular flexibility index (Phi) is 5.78. The Balaban J connectivity index is 2.09. The number of aromatic hydroxyl groups is 2. The Bertz CT molecular complexity index is 1070. The monoisotopic (exact) mass is 434 g/mol. The van der Waals surface area contributed by atoms with Crippen molar-refractivity contribution in [2.24, 2.45) is 0 Å². The van der Waals surface area contributed by atoms with Gasteiger partial charge in [0.05, 0.1) is 23.3 Å². The first-order valence-electron chi connectivity index (χ1n) is 9.38. The molecule has 0 bridgehead atoms. The summed E-state index contributed by atoms with van der Waals surface area (Å²) in [5.41, 5.74) is 0.0461. The quantitative estimate of drug-likeness (QED) is 0.544. The number of phosphoric acid groups is 1. The lowest BCUT2D eigenvalue weighted by atomic mass is 9.82. The maximum absolute atomic E-state index is 13.0. The Labute approximate surface area is 174 Å². The van der Waals surface area contributed by atoms with Gasteiger partial charge in [-0.25, -0.2) is 4.57 Å². The molecule has 9 heteroatoms. The fraction of sp³-hybridized carbons (Fsp3) is 0.333. The Morgan fingerprint density at radius 2 is 1.30 bits per heavy atom. The summed E-state index contributed by atoms with van der Waals surface area (Å²) in [7, 11) is -4.07. The second-order valence-corrected chi connectivity index (χ2v) is 9.08. The van der Waals surface area contributed by atoms with Crippen molar-refractivity contribution in [1.82, 2.24) is 0 Å². The zero-order valence-corrected chi connectivity index (χ0v) is 18.1. The predicted octanol–water partition coefficient (Wildman–Crippen LogP) is 4.52. The van der Waals surface area contributed by atoms with Gasteiger partial charge in [-0.05, 0) is 58.4 Å². The van der Waals surface area contributed by atoms with Crippen molar-refractivity contribution in [3.05, 3.63) is 52.1 Å². The van der Waals surface area contributed by atoms with Crippen LogP contribution in [0.2, 0.25) is 0 Å². The number of rotatable bonds is 6. The van der Waals surface area contributed by atoms with Gasteiger partial charge in [0.15, 0.2) is 5.78 Å². The number of carbonyl (C=O) groups is 2. The SMILES string of the molecule is Cc1cc(O)c2c(c1)C(=O)c1cc(OP(=O)(OC(C)C)OC(C)C)cc(O)c1C2=O. The molecule has 2 aromatic carbocycles. The number of benzene rings is 2. The highest BCUT2D eigenvalue weighted by Crippen LogP contribution is 2.52. The minimum Gasteiger partial charge on any atom is -0.507 e. The molecule has 160 valence electrons. The largest absolute Gasteiger partial charge is 0.530 e. The van der Waals surface area contributed by atoms with E-state index in [4.69, 9.17) is 13.6 Å². The first kappa shape index (κ1) is 22.0. The zero-order chi connectivity index (χ0) is 22.4. The molecule has 0 heterocycles. The number of carbonyl (C=O) groups excluding carboxylic acids is 2. The summed E-state index contributed by atoms with van der Waals surface area (Å²) < 4.78 is 29.0. The van der Waals surface area contributed by atoms with Gasteiger partial charge in [-0.2, -0.15) is 0 Å². The number of fused-ring (bicyclic) bond motifs is 2. The van der Waals surface area contributed by atoms with E-state index in [-0.39, 0.29) is 33.8 Å². The number of ketones is 2. The van der Waals surface area contributed by atoms with E-state index in [9.17, 15) is 24.4 Å². The number of phenols is 2. The maximum Gasteiger partial charge on any atom is 0.530 e. The summed E-state index contributed by atoms with van der Waals surface area (Å²) in [5, 5.41) is 20.6.